The van der Waals surface area contributed by atoms with Crippen molar-refractivity contribution < 1.29 is 4.39 Å². The molecule has 0 fully saturated rings. The van der Waals surface area contributed by atoms with E-state index in [4.69, 9.17) is 0 Å². The molecule has 1 aliphatic rings. The zero-order valence-electron chi connectivity index (χ0n) is 8.60. The van der Waals surface area contributed by atoms with Crippen molar-refractivity contribution in [2.75, 3.05) is 11.9 Å². The number of hydrogen-bond acceptors (Lipinski definition) is 3. The summed E-state index contributed by atoms with van der Waals surface area (Å²) >= 11 is 0. The van der Waals surface area contributed by atoms with Crippen LogP contribution in [0, 0.1) is 5.82 Å². The Bertz CT molecular complexity index is 491. The summed E-state index contributed by atoms with van der Waals surface area (Å²) < 4.78 is 14.7. The second-order valence-corrected chi connectivity index (χ2v) is 3.79. The first-order valence-electron chi connectivity index (χ1n) is 5.23. The molecule has 0 amide bonds. The Balaban J connectivity index is 2.00. The minimum absolute atomic E-state index is 0.104. The van der Waals surface area contributed by atoms with E-state index in [2.05, 4.69) is 15.4 Å². The summed E-state index contributed by atoms with van der Waals surface area (Å²) in [5.41, 5.74) is 0.854. The Kier molecular flexibility index (Phi) is 2.09. The number of nitrogens with zero attached hydrogens (tertiary/aromatic N) is 3. The van der Waals surface area contributed by atoms with E-state index in [1.165, 1.54) is 12.3 Å². The van der Waals surface area contributed by atoms with Crippen molar-refractivity contribution in [3.8, 4) is 0 Å². The van der Waals surface area contributed by atoms with Crippen molar-refractivity contribution in [2.24, 2.45) is 0 Å². The topological polar surface area (TPSA) is 42.7 Å². The molecule has 4 nitrogen and oxygen atoms in total. The van der Waals surface area contributed by atoms with Crippen LogP contribution in [0.1, 0.15) is 18.2 Å². The van der Waals surface area contributed by atoms with Gasteiger partial charge in [0.1, 0.15) is 11.6 Å². The number of hydrogen-bond donors (Lipinski definition) is 1. The smallest absolute Gasteiger partial charge is 0.141 e. The third-order valence-electron chi connectivity index (χ3n) is 2.78. The minimum Gasteiger partial charge on any atom is -0.370 e. The van der Waals surface area contributed by atoms with E-state index in [0.29, 0.717) is 0 Å². The molecule has 0 saturated carbocycles. The van der Waals surface area contributed by atoms with Gasteiger partial charge in [0.15, 0.2) is 0 Å². The number of aromatic nitrogens is 3. The van der Waals surface area contributed by atoms with Gasteiger partial charge in [0, 0.05) is 12.6 Å². The molecule has 1 atom stereocenters. The number of nitrogens with one attached hydrogen (secondary N) is 1. The van der Waals surface area contributed by atoms with Crippen LogP contribution in [0.2, 0.25) is 0 Å². The molecule has 1 unspecified atom stereocenters. The standard InChI is InChI=1S/C11H11FN4/c12-8-1-2-9(14-7-8)10-3-5-13-11-4-6-15-16(10)11/h1-2,4,6-7,10,13H,3,5H2. The highest BCUT2D eigenvalue weighted by atomic mass is 19.1. The van der Waals surface area contributed by atoms with E-state index in [1.807, 2.05) is 10.7 Å². The fourth-order valence-electron chi connectivity index (χ4n) is 2.02. The van der Waals surface area contributed by atoms with Crippen molar-refractivity contribution in [1.29, 1.82) is 0 Å². The summed E-state index contributed by atoms with van der Waals surface area (Å²) in [6.45, 7) is 0.884. The minimum atomic E-state index is -0.307. The molecule has 16 heavy (non-hydrogen) atoms. The highest BCUT2D eigenvalue weighted by Crippen LogP contribution is 2.27. The zero-order chi connectivity index (χ0) is 11.0. The third-order valence-corrected chi connectivity index (χ3v) is 2.78. The summed E-state index contributed by atoms with van der Waals surface area (Å²) in [4.78, 5) is 4.12. The molecule has 0 bridgehead atoms. The van der Waals surface area contributed by atoms with Crippen LogP contribution in [0.25, 0.3) is 0 Å². The lowest BCUT2D eigenvalue weighted by Crippen LogP contribution is -2.24. The van der Waals surface area contributed by atoms with Crippen LogP contribution in [0.15, 0.2) is 30.6 Å². The molecule has 0 spiro atoms. The van der Waals surface area contributed by atoms with E-state index >= 15 is 0 Å². The number of rotatable bonds is 1. The molecule has 3 heterocycles. The van der Waals surface area contributed by atoms with Crippen molar-refractivity contribution >= 4 is 5.82 Å². The molecule has 0 radical (unpaired) electrons. The molecule has 2 aromatic rings. The van der Waals surface area contributed by atoms with Gasteiger partial charge in [-0.1, -0.05) is 0 Å². The van der Waals surface area contributed by atoms with Gasteiger partial charge in [-0.2, -0.15) is 5.10 Å². The first-order valence-corrected chi connectivity index (χ1v) is 5.23. The average molecular weight is 218 g/mol. The molecule has 1 aliphatic heterocycles. The number of anilines is 1. The summed E-state index contributed by atoms with van der Waals surface area (Å²) in [6.07, 6.45) is 3.91. The SMILES string of the molecule is Fc1ccc(C2CCNc3ccnn32)nc1. The fourth-order valence-corrected chi connectivity index (χ4v) is 2.02. The second kappa shape index (κ2) is 3.59. The molecule has 0 aromatic carbocycles. The van der Waals surface area contributed by atoms with Crippen molar-refractivity contribution in [3.63, 3.8) is 0 Å². The van der Waals surface area contributed by atoms with Gasteiger partial charge < -0.3 is 5.32 Å². The molecule has 0 aliphatic carbocycles. The fraction of sp³-hybridized carbons (Fsp3) is 0.273. The lowest BCUT2D eigenvalue weighted by atomic mass is 10.1. The first-order chi connectivity index (χ1) is 7.84. The Labute approximate surface area is 92.1 Å². The van der Waals surface area contributed by atoms with Gasteiger partial charge in [-0.25, -0.2) is 9.07 Å². The Morgan fingerprint density at radius 2 is 2.31 bits per heavy atom. The first kappa shape index (κ1) is 9.33. The molecule has 3 rings (SSSR count). The Morgan fingerprint density at radius 1 is 1.38 bits per heavy atom. The molecular weight excluding hydrogens is 207 g/mol. The molecule has 5 heteroatoms. The monoisotopic (exact) mass is 218 g/mol. The summed E-state index contributed by atoms with van der Waals surface area (Å²) in [5.74, 6) is 0.681. The predicted molar refractivity (Wildman–Crippen MR) is 57.7 cm³/mol. The van der Waals surface area contributed by atoms with Crippen LogP contribution in [-0.4, -0.2) is 21.3 Å². The van der Waals surface area contributed by atoms with E-state index in [9.17, 15) is 4.39 Å². The highest BCUT2D eigenvalue weighted by molar-refractivity contribution is 5.37. The van der Waals surface area contributed by atoms with Gasteiger partial charge >= 0.3 is 0 Å². The lowest BCUT2D eigenvalue weighted by Gasteiger charge is -2.25. The normalized spacial score (nSPS) is 18.9. The van der Waals surface area contributed by atoms with Crippen LogP contribution >= 0.6 is 0 Å². The van der Waals surface area contributed by atoms with Gasteiger partial charge in [0.05, 0.1) is 24.1 Å². The van der Waals surface area contributed by atoms with Crippen molar-refractivity contribution in [2.45, 2.75) is 12.5 Å². The zero-order valence-corrected chi connectivity index (χ0v) is 8.60. The maximum atomic E-state index is 12.8. The number of halogens is 1. The molecule has 82 valence electrons. The number of fused-ring (bicyclic) bond motifs is 1. The molecule has 1 N–H and O–H groups in total. The Hall–Kier alpha value is -1.91. The van der Waals surface area contributed by atoms with Crippen LogP contribution in [-0.2, 0) is 0 Å². The van der Waals surface area contributed by atoms with Crippen LogP contribution in [0.3, 0.4) is 0 Å². The highest BCUT2D eigenvalue weighted by Gasteiger charge is 2.22. The van der Waals surface area contributed by atoms with Crippen LogP contribution in [0.4, 0.5) is 10.2 Å². The quantitative estimate of drug-likeness (QED) is 0.794. The van der Waals surface area contributed by atoms with Gasteiger partial charge in [0.25, 0.3) is 0 Å². The molecule has 2 aromatic heterocycles. The van der Waals surface area contributed by atoms with Crippen LogP contribution < -0.4 is 5.32 Å². The van der Waals surface area contributed by atoms with Gasteiger partial charge in [-0.3, -0.25) is 4.98 Å². The molecule has 0 saturated heterocycles. The van der Waals surface area contributed by atoms with Crippen LogP contribution in [0.5, 0.6) is 0 Å². The third kappa shape index (κ3) is 1.44. The maximum Gasteiger partial charge on any atom is 0.141 e. The maximum absolute atomic E-state index is 12.8. The van der Waals surface area contributed by atoms with E-state index in [0.717, 1.165) is 24.5 Å². The van der Waals surface area contributed by atoms with Gasteiger partial charge in [0.2, 0.25) is 0 Å². The van der Waals surface area contributed by atoms with E-state index in [-0.39, 0.29) is 11.9 Å². The lowest BCUT2D eigenvalue weighted by molar-refractivity contribution is 0.470. The summed E-state index contributed by atoms with van der Waals surface area (Å²) in [7, 11) is 0. The summed E-state index contributed by atoms with van der Waals surface area (Å²) in [5, 5.41) is 7.51. The van der Waals surface area contributed by atoms with E-state index < -0.39 is 0 Å². The van der Waals surface area contributed by atoms with Gasteiger partial charge in [-0.05, 0) is 18.6 Å². The molecular formula is C11H11FN4. The van der Waals surface area contributed by atoms with Crippen molar-refractivity contribution in [1.82, 2.24) is 14.8 Å². The van der Waals surface area contributed by atoms with Crippen molar-refractivity contribution in [3.05, 3.63) is 42.1 Å². The average Bonchev–Trinajstić information content (AvgIpc) is 2.78. The predicted octanol–water partition coefficient (Wildman–Crippen LogP) is 1.82. The number of pyridine rings is 1. The van der Waals surface area contributed by atoms with E-state index in [1.54, 1.807) is 12.3 Å². The Morgan fingerprint density at radius 3 is 3.12 bits per heavy atom. The van der Waals surface area contributed by atoms with Gasteiger partial charge in [-0.15, -0.1) is 0 Å². The largest absolute Gasteiger partial charge is 0.370 e. The second-order valence-electron chi connectivity index (χ2n) is 3.79. The summed E-state index contributed by atoms with van der Waals surface area (Å²) in [6, 6.07) is 5.19.